The maximum atomic E-state index is 10.6. The summed E-state index contributed by atoms with van der Waals surface area (Å²) in [5.41, 5.74) is 5.08. The molecule has 7 heteroatoms. The Balaban J connectivity index is 4.06. The highest BCUT2D eigenvalue weighted by atomic mass is 16.5. The Bertz CT molecular complexity index is 301. The fourth-order valence-electron chi connectivity index (χ4n) is 1.44. The fourth-order valence-corrected chi connectivity index (χ4v) is 1.44. The van der Waals surface area contributed by atoms with Crippen molar-refractivity contribution in [3.05, 3.63) is 0 Å². The second-order valence-corrected chi connectivity index (χ2v) is 4.63. The first-order valence-electron chi connectivity index (χ1n) is 5.43. The van der Waals surface area contributed by atoms with Crippen LogP contribution in [0.25, 0.3) is 0 Å². The molecule has 0 aliphatic rings. The molecule has 7 nitrogen and oxygen atoms in total. The summed E-state index contributed by atoms with van der Waals surface area (Å²) in [4.78, 5) is 10.6. The van der Waals surface area contributed by atoms with E-state index in [0.29, 0.717) is 17.6 Å². The number of nitrogens with one attached hydrogen (secondary N) is 1. The van der Waals surface area contributed by atoms with Crippen LogP contribution in [0.3, 0.4) is 0 Å². The predicted molar refractivity (Wildman–Crippen MR) is 64.7 cm³/mol. The van der Waals surface area contributed by atoms with Crippen molar-refractivity contribution >= 4 is 11.9 Å². The highest BCUT2D eigenvalue weighted by Gasteiger charge is 2.19. The number of hydrogen-bond acceptors (Lipinski definition) is 4. The molecule has 98 valence electrons. The molecule has 0 rings (SSSR count). The zero-order chi connectivity index (χ0) is 13.5. The van der Waals surface area contributed by atoms with Crippen molar-refractivity contribution < 1.29 is 14.0 Å². The highest BCUT2D eigenvalue weighted by Crippen LogP contribution is 2.03. The maximum Gasteiger partial charge on any atom is 0.302 e. The van der Waals surface area contributed by atoms with Crippen molar-refractivity contribution in [1.29, 1.82) is 5.41 Å². The van der Waals surface area contributed by atoms with E-state index in [-0.39, 0.29) is 18.0 Å². The van der Waals surface area contributed by atoms with Crippen LogP contribution < -0.4 is 5.73 Å². The van der Waals surface area contributed by atoms with Gasteiger partial charge in [0.25, 0.3) is 0 Å². The number of carbonyl (C=O) groups is 1. The molecule has 17 heavy (non-hydrogen) atoms. The van der Waals surface area contributed by atoms with E-state index < -0.39 is 0 Å². The Labute approximate surface area is 102 Å². The van der Waals surface area contributed by atoms with Crippen molar-refractivity contribution in [2.75, 3.05) is 33.8 Å². The number of hydrogen-bond donors (Lipinski definition) is 2. The van der Waals surface area contributed by atoms with Gasteiger partial charge in [-0.25, -0.2) is 0 Å². The van der Waals surface area contributed by atoms with Crippen LogP contribution in [0.5, 0.6) is 0 Å². The van der Waals surface area contributed by atoms with E-state index in [9.17, 15) is 4.79 Å². The third kappa shape index (κ3) is 9.43. The van der Waals surface area contributed by atoms with Gasteiger partial charge in [-0.3, -0.25) is 10.2 Å². The summed E-state index contributed by atoms with van der Waals surface area (Å²) >= 11 is 0. The lowest BCUT2D eigenvalue weighted by atomic mass is 10.3. The molecule has 1 unspecified atom stereocenters. The van der Waals surface area contributed by atoms with Crippen LogP contribution in [-0.2, 0) is 9.53 Å². The first-order valence-corrected chi connectivity index (χ1v) is 5.43. The quantitative estimate of drug-likeness (QED) is 0.232. The lowest BCUT2D eigenvalue weighted by molar-refractivity contribution is -0.891. The summed E-state index contributed by atoms with van der Waals surface area (Å²) in [5, 5.41) is 14.3. The van der Waals surface area contributed by atoms with Crippen LogP contribution in [-0.4, -0.2) is 56.2 Å². The normalized spacial score (nSPS) is 13.6. The monoisotopic (exact) mass is 244 g/mol. The molecule has 0 radical (unpaired) electrons. The predicted octanol–water partition coefficient (Wildman–Crippen LogP) is 0.360. The molecule has 0 heterocycles. The van der Waals surface area contributed by atoms with Crippen molar-refractivity contribution in [2.24, 2.45) is 16.0 Å². The smallest absolute Gasteiger partial charge is 0.302 e. The number of nitrogens with zero attached hydrogens (tertiary/aromatic N) is 3. The van der Waals surface area contributed by atoms with E-state index in [1.54, 1.807) is 0 Å². The van der Waals surface area contributed by atoms with Crippen LogP contribution in [0.4, 0.5) is 0 Å². The average Bonchev–Trinajstić information content (AvgIpc) is 2.12. The number of likely N-dealkylation sites (N-methyl/N-ethyl adjacent to an activating group) is 1. The van der Waals surface area contributed by atoms with Gasteiger partial charge < -0.3 is 15.0 Å². The molecule has 3 N–H and O–H groups in total. The zero-order valence-electron chi connectivity index (χ0n) is 10.9. The van der Waals surface area contributed by atoms with Crippen LogP contribution >= 0.6 is 0 Å². The maximum absolute atomic E-state index is 10.6. The topological polar surface area (TPSA) is 101 Å². The molecule has 0 fully saturated rings. The van der Waals surface area contributed by atoms with Gasteiger partial charge in [0.05, 0.1) is 14.1 Å². The molecule has 0 aromatic carbocycles. The van der Waals surface area contributed by atoms with Gasteiger partial charge in [-0.2, -0.15) is 5.11 Å². The van der Waals surface area contributed by atoms with Crippen LogP contribution in [0.15, 0.2) is 10.2 Å². The van der Waals surface area contributed by atoms with Gasteiger partial charge in [-0.15, -0.1) is 5.11 Å². The number of nitrogens with two attached hydrogens (primary N) is 1. The van der Waals surface area contributed by atoms with E-state index in [1.807, 2.05) is 21.0 Å². The zero-order valence-corrected chi connectivity index (χ0v) is 10.9. The Hall–Kier alpha value is -1.50. The molecule has 0 saturated heterocycles. The number of rotatable bonds is 6. The van der Waals surface area contributed by atoms with Crippen LogP contribution in [0.1, 0.15) is 13.8 Å². The van der Waals surface area contributed by atoms with Crippen LogP contribution in [0, 0.1) is 5.41 Å². The van der Waals surface area contributed by atoms with Gasteiger partial charge in [-0.1, -0.05) is 0 Å². The molecule has 0 amide bonds. The van der Waals surface area contributed by atoms with Gasteiger partial charge in [0, 0.05) is 6.92 Å². The van der Waals surface area contributed by atoms with E-state index in [2.05, 4.69) is 10.2 Å². The number of ether oxygens (including phenoxy) is 1. The fraction of sp³-hybridized carbons (Fsp3) is 0.800. The van der Waals surface area contributed by atoms with Gasteiger partial charge in [0.1, 0.15) is 25.7 Å². The lowest BCUT2D eigenvalue weighted by Gasteiger charge is -2.30. The SMILES string of the molecule is CC(=O)OCC[N+](C)(C)CC(C)N=NC(=N)N. The number of carbonyl (C=O) groups excluding carboxylic acids is 1. The first-order chi connectivity index (χ1) is 7.73. The first kappa shape index (κ1) is 15.5. The molecule has 0 aliphatic carbocycles. The standard InChI is InChI=1S/C10H22N5O2/c1-8(13-14-10(11)12)7-15(3,4)5-6-17-9(2)16/h8H,5-7H2,1-4H3,(H3,11,12)/q+1. The van der Waals surface area contributed by atoms with E-state index >= 15 is 0 Å². The van der Waals surface area contributed by atoms with Crippen molar-refractivity contribution in [1.82, 2.24) is 0 Å². The second-order valence-electron chi connectivity index (χ2n) is 4.63. The largest absolute Gasteiger partial charge is 0.460 e. The van der Waals surface area contributed by atoms with Crippen molar-refractivity contribution in [3.8, 4) is 0 Å². The number of esters is 1. The molecule has 0 bridgehead atoms. The molecular formula is C10H22N5O2+. The Morgan fingerprint density at radius 3 is 2.59 bits per heavy atom. The Morgan fingerprint density at radius 2 is 2.12 bits per heavy atom. The number of guanidine groups is 1. The molecule has 1 atom stereocenters. The molecule has 0 spiro atoms. The van der Waals surface area contributed by atoms with E-state index in [4.69, 9.17) is 15.9 Å². The molecule has 0 saturated carbocycles. The van der Waals surface area contributed by atoms with Crippen molar-refractivity contribution in [2.45, 2.75) is 19.9 Å². The third-order valence-electron chi connectivity index (χ3n) is 2.12. The third-order valence-corrected chi connectivity index (χ3v) is 2.12. The number of quaternary nitrogens is 1. The minimum Gasteiger partial charge on any atom is -0.460 e. The second kappa shape index (κ2) is 6.95. The summed E-state index contributed by atoms with van der Waals surface area (Å²) in [5.74, 6) is -0.559. The lowest BCUT2D eigenvalue weighted by Crippen LogP contribution is -2.46. The molecule has 0 aromatic heterocycles. The van der Waals surface area contributed by atoms with Crippen LogP contribution in [0.2, 0.25) is 0 Å². The van der Waals surface area contributed by atoms with E-state index in [0.717, 1.165) is 6.54 Å². The molecule has 0 aromatic rings. The molecular weight excluding hydrogens is 222 g/mol. The minimum absolute atomic E-state index is 0.0359. The van der Waals surface area contributed by atoms with Gasteiger partial charge in [0.15, 0.2) is 0 Å². The van der Waals surface area contributed by atoms with Gasteiger partial charge >= 0.3 is 5.97 Å². The average molecular weight is 244 g/mol. The summed E-state index contributed by atoms with van der Waals surface area (Å²) in [6, 6.07) is -0.0359. The Kier molecular flexibility index (Phi) is 6.34. The van der Waals surface area contributed by atoms with Crippen molar-refractivity contribution in [3.63, 3.8) is 0 Å². The summed E-state index contributed by atoms with van der Waals surface area (Å²) in [6.45, 7) is 5.12. The summed E-state index contributed by atoms with van der Waals surface area (Å²) in [6.07, 6.45) is 0. The molecule has 0 aliphatic heterocycles. The highest BCUT2D eigenvalue weighted by molar-refractivity contribution is 5.74. The van der Waals surface area contributed by atoms with E-state index in [1.165, 1.54) is 6.92 Å². The van der Waals surface area contributed by atoms with Gasteiger partial charge in [-0.05, 0) is 6.92 Å². The van der Waals surface area contributed by atoms with Gasteiger partial charge in [0.2, 0.25) is 5.96 Å². The number of azo groups is 1. The minimum atomic E-state index is -0.290. The Morgan fingerprint density at radius 1 is 1.53 bits per heavy atom. The summed E-state index contributed by atoms with van der Waals surface area (Å²) < 4.78 is 5.55. The summed E-state index contributed by atoms with van der Waals surface area (Å²) in [7, 11) is 4.03.